The maximum absolute atomic E-state index is 11.9. The number of hydrogen-bond acceptors (Lipinski definition) is 5. The van der Waals surface area contributed by atoms with Gasteiger partial charge in [0.1, 0.15) is 0 Å². The minimum atomic E-state index is -0.733. The third kappa shape index (κ3) is 7.21. The highest BCUT2D eigenvalue weighted by Gasteiger charge is 2.13. The normalized spacial score (nSPS) is 10.1. The fourth-order valence-corrected chi connectivity index (χ4v) is 2.57. The fourth-order valence-electron chi connectivity index (χ4n) is 2.35. The van der Waals surface area contributed by atoms with Crippen LogP contribution in [0, 0.1) is 13.8 Å². The Morgan fingerprint density at radius 1 is 0.900 bits per heavy atom. The number of nitrogens with one attached hydrogen (secondary N) is 3. The second-order valence-corrected chi connectivity index (χ2v) is 6.90. The Labute approximate surface area is 178 Å². The summed E-state index contributed by atoms with van der Waals surface area (Å²) in [6, 6.07) is 11.8. The quantitative estimate of drug-likeness (QED) is 0.460. The topological polar surface area (TPSA) is 114 Å². The first-order valence-electron chi connectivity index (χ1n) is 9.12. The third-order valence-electron chi connectivity index (χ3n) is 4.15. The highest BCUT2D eigenvalue weighted by Crippen LogP contribution is 2.15. The number of benzene rings is 2. The molecule has 2 aromatic rings. The number of carbonyl (C=O) groups is 4. The molecule has 3 N–H and O–H groups in total. The van der Waals surface area contributed by atoms with Crippen molar-refractivity contribution in [2.45, 2.75) is 26.7 Å². The van der Waals surface area contributed by atoms with Crippen molar-refractivity contribution in [1.82, 2.24) is 10.9 Å². The van der Waals surface area contributed by atoms with Gasteiger partial charge >= 0.3 is 5.97 Å². The highest BCUT2D eigenvalue weighted by molar-refractivity contribution is 6.33. The molecule has 30 heavy (non-hydrogen) atoms. The number of rotatable bonds is 7. The lowest BCUT2D eigenvalue weighted by molar-refractivity contribution is -0.149. The first kappa shape index (κ1) is 22.9. The Balaban J connectivity index is 1.66. The zero-order valence-corrected chi connectivity index (χ0v) is 17.3. The summed E-state index contributed by atoms with van der Waals surface area (Å²) < 4.78 is 4.79. The predicted octanol–water partition coefficient (Wildman–Crippen LogP) is 2.68. The van der Waals surface area contributed by atoms with E-state index in [4.69, 9.17) is 16.3 Å². The van der Waals surface area contributed by atoms with Crippen LogP contribution in [-0.2, 0) is 19.1 Å². The number of hydrogen-bond donors (Lipinski definition) is 3. The number of esters is 1. The van der Waals surface area contributed by atoms with Gasteiger partial charge in [0.25, 0.3) is 11.8 Å². The monoisotopic (exact) mass is 431 g/mol. The standard InChI is InChI=1S/C21H22ClN3O5/c1-13-7-8-15(11-14(13)2)23-18(26)9-10-20(28)30-12-19(27)24-25-21(29)16-5-3-4-6-17(16)22/h3-8,11H,9-10,12H2,1-2H3,(H,23,26)(H,24,27)(H,25,29). The van der Waals surface area contributed by atoms with E-state index >= 15 is 0 Å². The van der Waals surface area contributed by atoms with Gasteiger partial charge in [-0.3, -0.25) is 30.0 Å². The van der Waals surface area contributed by atoms with Gasteiger partial charge in [-0.2, -0.15) is 0 Å². The van der Waals surface area contributed by atoms with Gasteiger partial charge in [-0.15, -0.1) is 0 Å². The number of halogens is 1. The van der Waals surface area contributed by atoms with E-state index in [0.29, 0.717) is 5.69 Å². The first-order chi connectivity index (χ1) is 14.3. The molecule has 0 aliphatic rings. The number of hydrazine groups is 1. The molecule has 0 atom stereocenters. The van der Waals surface area contributed by atoms with Crippen LogP contribution in [0.25, 0.3) is 0 Å². The zero-order valence-electron chi connectivity index (χ0n) is 16.6. The second-order valence-electron chi connectivity index (χ2n) is 6.49. The van der Waals surface area contributed by atoms with E-state index in [-0.39, 0.29) is 29.3 Å². The molecular formula is C21H22ClN3O5. The summed E-state index contributed by atoms with van der Waals surface area (Å²) in [7, 11) is 0. The van der Waals surface area contributed by atoms with Crippen molar-refractivity contribution in [3.63, 3.8) is 0 Å². The fraction of sp³-hybridized carbons (Fsp3) is 0.238. The van der Waals surface area contributed by atoms with Gasteiger partial charge in [0, 0.05) is 12.1 Å². The van der Waals surface area contributed by atoms with Crippen LogP contribution >= 0.6 is 11.6 Å². The van der Waals surface area contributed by atoms with Crippen LogP contribution in [0.2, 0.25) is 5.02 Å². The predicted molar refractivity (Wildman–Crippen MR) is 112 cm³/mol. The zero-order chi connectivity index (χ0) is 22.1. The second kappa shape index (κ2) is 11.0. The Kier molecular flexibility index (Phi) is 8.37. The lowest BCUT2D eigenvalue weighted by atomic mass is 10.1. The van der Waals surface area contributed by atoms with E-state index in [2.05, 4.69) is 16.2 Å². The van der Waals surface area contributed by atoms with Crippen LogP contribution in [0.1, 0.15) is 34.3 Å². The average Bonchev–Trinajstić information content (AvgIpc) is 2.72. The third-order valence-corrected chi connectivity index (χ3v) is 4.47. The summed E-state index contributed by atoms with van der Waals surface area (Å²) in [5.41, 5.74) is 7.27. The van der Waals surface area contributed by atoms with Crippen LogP contribution < -0.4 is 16.2 Å². The van der Waals surface area contributed by atoms with E-state index in [1.54, 1.807) is 18.2 Å². The maximum Gasteiger partial charge on any atom is 0.306 e. The molecule has 2 aromatic carbocycles. The Morgan fingerprint density at radius 3 is 2.33 bits per heavy atom. The van der Waals surface area contributed by atoms with E-state index in [9.17, 15) is 19.2 Å². The van der Waals surface area contributed by atoms with Gasteiger partial charge in [-0.05, 0) is 49.2 Å². The molecule has 0 radical (unpaired) electrons. The summed E-state index contributed by atoms with van der Waals surface area (Å²) in [5, 5.41) is 2.93. The number of carbonyl (C=O) groups excluding carboxylic acids is 4. The molecular weight excluding hydrogens is 410 g/mol. The Hall–Kier alpha value is -3.39. The van der Waals surface area contributed by atoms with Crippen molar-refractivity contribution in [1.29, 1.82) is 0 Å². The van der Waals surface area contributed by atoms with Crippen LogP contribution in [0.4, 0.5) is 5.69 Å². The van der Waals surface area contributed by atoms with Gasteiger partial charge < -0.3 is 10.1 Å². The molecule has 0 unspecified atom stereocenters. The number of anilines is 1. The van der Waals surface area contributed by atoms with Crippen LogP contribution in [0.3, 0.4) is 0 Å². The van der Waals surface area contributed by atoms with Crippen molar-refractivity contribution in [2.24, 2.45) is 0 Å². The molecule has 0 aliphatic carbocycles. The molecule has 8 nitrogen and oxygen atoms in total. The largest absolute Gasteiger partial charge is 0.455 e. The minimum Gasteiger partial charge on any atom is -0.455 e. The summed E-state index contributed by atoms with van der Waals surface area (Å²) in [5.74, 6) is -2.39. The average molecular weight is 432 g/mol. The molecule has 0 fully saturated rings. The molecule has 0 saturated heterocycles. The van der Waals surface area contributed by atoms with Gasteiger partial charge in [-0.1, -0.05) is 29.8 Å². The lowest BCUT2D eigenvalue weighted by Gasteiger charge is -2.09. The van der Waals surface area contributed by atoms with Crippen LogP contribution in [0.5, 0.6) is 0 Å². The minimum absolute atomic E-state index is 0.0867. The SMILES string of the molecule is Cc1ccc(NC(=O)CCC(=O)OCC(=O)NNC(=O)c2ccccc2Cl)cc1C. The van der Waals surface area contributed by atoms with Gasteiger partial charge in [0.05, 0.1) is 17.0 Å². The number of aryl methyl sites for hydroxylation is 2. The lowest BCUT2D eigenvalue weighted by Crippen LogP contribution is -2.43. The van der Waals surface area contributed by atoms with E-state index in [1.807, 2.05) is 26.0 Å². The van der Waals surface area contributed by atoms with E-state index in [1.165, 1.54) is 12.1 Å². The summed E-state index contributed by atoms with van der Waals surface area (Å²) in [4.78, 5) is 47.3. The molecule has 9 heteroatoms. The molecule has 158 valence electrons. The van der Waals surface area contributed by atoms with Crippen molar-refractivity contribution in [2.75, 3.05) is 11.9 Å². The van der Waals surface area contributed by atoms with Crippen molar-refractivity contribution in [3.8, 4) is 0 Å². The van der Waals surface area contributed by atoms with Crippen molar-refractivity contribution < 1.29 is 23.9 Å². The Bertz CT molecular complexity index is 961. The maximum atomic E-state index is 11.9. The number of amides is 3. The van der Waals surface area contributed by atoms with E-state index < -0.39 is 24.4 Å². The molecule has 0 heterocycles. The van der Waals surface area contributed by atoms with Crippen molar-refractivity contribution >= 4 is 41.0 Å². The van der Waals surface area contributed by atoms with Crippen molar-refractivity contribution in [3.05, 3.63) is 64.2 Å². The van der Waals surface area contributed by atoms with Gasteiger partial charge in [-0.25, -0.2) is 0 Å². The van der Waals surface area contributed by atoms with Gasteiger partial charge in [0.15, 0.2) is 6.61 Å². The smallest absolute Gasteiger partial charge is 0.306 e. The summed E-state index contributed by atoms with van der Waals surface area (Å²) in [6.07, 6.45) is -0.271. The molecule has 0 spiro atoms. The van der Waals surface area contributed by atoms with Gasteiger partial charge in [0.2, 0.25) is 5.91 Å². The van der Waals surface area contributed by atoms with Crippen LogP contribution in [-0.4, -0.2) is 30.3 Å². The first-order valence-corrected chi connectivity index (χ1v) is 9.50. The van der Waals surface area contributed by atoms with E-state index in [0.717, 1.165) is 11.1 Å². The Morgan fingerprint density at radius 2 is 1.63 bits per heavy atom. The summed E-state index contributed by atoms with van der Waals surface area (Å²) >= 11 is 5.89. The molecule has 0 bridgehead atoms. The molecule has 2 rings (SSSR count). The summed E-state index contributed by atoms with van der Waals surface area (Å²) in [6.45, 7) is 3.31. The molecule has 3 amide bonds. The highest BCUT2D eigenvalue weighted by atomic mass is 35.5. The molecule has 0 saturated carbocycles. The molecule has 0 aromatic heterocycles. The molecule has 0 aliphatic heterocycles. The van der Waals surface area contributed by atoms with Crippen LogP contribution in [0.15, 0.2) is 42.5 Å². The number of ether oxygens (including phenoxy) is 1.